The van der Waals surface area contributed by atoms with Crippen LogP contribution in [0.5, 0.6) is 0 Å². The second-order valence-electron chi connectivity index (χ2n) is 5.27. The summed E-state index contributed by atoms with van der Waals surface area (Å²) in [5, 5.41) is 7.31. The molecule has 6 heteroatoms. The highest BCUT2D eigenvalue weighted by Gasteiger charge is 2.30. The molecular formula is C12H21ClN4O. The van der Waals surface area contributed by atoms with Crippen LogP contribution in [0, 0.1) is 5.92 Å². The Hall–Kier alpha value is -0.650. The Morgan fingerprint density at radius 3 is 2.94 bits per heavy atom. The van der Waals surface area contributed by atoms with Crippen LogP contribution in [0.3, 0.4) is 0 Å². The molecule has 1 atom stereocenters. The van der Waals surface area contributed by atoms with E-state index in [4.69, 9.17) is 4.52 Å². The van der Waals surface area contributed by atoms with Crippen LogP contribution in [0.2, 0.25) is 0 Å². The first-order valence-electron chi connectivity index (χ1n) is 6.54. The Balaban J connectivity index is 0.00000120. The van der Waals surface area contributed by atoms with E-state index in [1.54, 1.807) is 0 Å². The summed E-state index contributed by atoms with van der Waals surface area (Å²) in [4.78, 5) is 6.89. The molecule has 1 aromatic heterocycles. The van der Waals surface area contributed by atoms with Gasteiger partial charge in [0.05, 0.1) is 6.54 Å². The number of nitrogens with one attached hydrogen (secondary N) is 1. The third-order valence-electron chi connectivity index (χ3n) is 3.64. The summed E-state index contributed by atoms with van der Waals surface area (Å²) in [6, 6.07) is 0. The number of likely N-dealkylation sites (tertiary alicyclic amines) is 1. The first-order valence-corrected chi connectivity index (χ1v) is 6.54. The predicted octanol–water partition coefficient (Wildman–Crippen LogP) is 1.41. The normalized spacial score (nSPS) is 24.2. The van der Waals surface area contributed by atoms with Gasteiger partial charge in [0.2, 0.25) is 5.89 Å². The van der Waals surface area contributed by atoms with Gasteiger partial charge in [0.15, 0.2) is 5.82 Å². The quantitative estimate of drug-likeness (QED) is 0.878. The number of nitrogens with zero attached hydrogens (tertiary/aromatic N) is 3. The van der Waals surface area contributed by atoms with E-state index in [2.05, 4.69) is 20.4 Å². The number of rotatable bonds is 5. The van der Waals surface area contributed by atoms with Gasteiger partial charge in [0.25, 0.3) is 0 Å². The van der Waals surface area contributed by atoms with E-state index in [1.165, 1.54) is 19.3 Å². The maximum absolute atomic E-state index is 5.27. The van der Waals surface area contributed by atoms with Crippen LogP contribution in [0.25, 0.3) is 0 Å². The summed E-state index contributed by atoms with van der Waals surface area (Å²) in [5.41, 5.74) is 0. The number of aromatic nitrogens is 2. The van der Waals surface area contributed by atoms with Crippen LogP contribution in [0.1, 0.15) is 36.9 Å². The van der Waals surface area contributed by atoms with Gasteiger partial charge in [-0.15, -0.1) is 12.4 Å². The van der Waals surface area contributed by atoms with Gasteiger partial charge in [-0.1, -0.05) is 5.16 Å². The Bertz CT molecular complexity index is 380. The Morgan fingerprint density at radius 1 is 1.39 bits per heavy atom. The van der Waals surface area contributed by atoms with Crippen molar-refractivity contribution in [2.24, 2.45) is 5.92 Å². The van der Waals surface area contributed by atoms with Crippen LogP contribution in [0.15, 0.2) is 4.52 Å². The van der Waals surface area contributed by atoms with E-state index in [0.29, 0.717) is 5.92 Å². The molecule has 0 amide bonds. The summed E-state index contributed by atoms with van der Waals surface area (Å²) in [7, 11) is 2.02. The molecule has 3 rings (SSSR count). The first kappa shape index (κ1) is 13.8. The Kier molecular flexibility index (Phi) is 4.59. The number of hydrogen-bond donors (Lipinski definition) is 1. The Labute approximate surface area is 114 Å². The zero-order valence-corrected chi connectivity index (χ0v) is 11.6. The van der Waals surface area contributed by atoms with E-state index in [0.717, 1.165) is 43.8 Å². The monoisotopic (exact) mass is 272 g/mol. The summed E-state index contributed by atoms with van der Waals surface area (Å²) < 4.78 is 5.27. The van der Waals surface area contributed by atoms with Gasteiger partial charge in [0, 0.05) is 12.5 Å². The molecule has 1 saturated carbocycles. The molecule has 102 valence electrons. The fourth-order valence-electron chi connectivity index (χ4n) is 2.54. The third kappa shape index (κ3) is 3.22. The lowest BCUT2D eigenvalue weighted by atomic mass is 10.1. The fraction of sp³-hybridized carbons (Fsp3) is 0.833. The minimum absolute atomic E-state index is 0. The van der Waals surface area contributed by atoms with Gasteiger partial charge in [-0.25, -0.2) is 0 Å². The molecule has 5 nitrogen and oxygen atoms in total. The molecule has 1 unspecified atom stereocenters. The minimum atomic E-state index is 0. The smallest absolute Gasteiger partial charge is 0.229 e. The molecule has 1 aliphatic carbocycles. The van der Waals surface area contributed by atoms with E-state index in [-0.39, 0.29) is 12.4 Å². The van der Waals surface area contributed by atoms with Crippen LogP contribution >= 0.6 is 12.4 Å². The van der Waals surface area contributed by atoms with Crippen LogP contribution in [-0.4, -0.2) is 41.7 Å². The lowest BCUT2D eigenvalue weighted by molar-refractivity contribution is 0.297. The second kappa shape index (κ2) is 5.99. The average Bonchev–Trinajstić information content (AvgIpc) is 2.92. The van der Waals surface area contributed by atoms with Gasteiger partial charge >= 0.3 is 0 Å². The molecule has 0 aromatic carbocycles. The average molecular weight is 273 g/mol. The molecule has 1 saturated heterocycles. The van der Waals surface area contributed by atoms with Crippen molar-refractivity contribution in [3.05, 3.63) is 11.7 Å². The molecular weight excluding hydrogens is 252 g/mol. The summed E-state index contributed by atoms with van der Waals surface area (Å²) in [6.07, 6.45) is 3.71. The maximum atomic E-state index is 5.27. The van der Waals surface area contributed by atoms with E-state index in [9.17, 15) is 0 Å². The summed E-state index contributed by atoms with van der Waals surface area (Å²) in [6.45, 7) is 4.25. The van der Waals surface area contributed by atoms with Gasteiger partial charge in [-0.3, -0.25) is 4.90 Å². The highest BCUT2D eigenvalue weighted by molar-refractivity contribution is 5.85. The topological polar surface area (TPSA) is 54.2 Å². The molecule has 1 aliphatic heterocycles. The van der Waals surface area contributed by atoms with Crippen molar-refractivity contribution in [3.63, 3.8) is 0 Å². The van der Waals surface area contributed by atoms with Crippen molar-refractivity contribution in [1.82, 2.24) is 20.4 Å². The molecule has 0 spiro atoms. The van der Waals surface area contributed by atoms with Crippen molar-refractivity contribution in [2.75, 3.05) is 26.7 Å². The van der Waals surface area contributed by atoms with Gasteiger partial charge in [0.1, 0.15) is 0 Å². The fourth-order valence-corrected chi connectivity index (χ4v) is 2.54. The standard InChI is InChI=1S/C12H20N4O.ClH/c1-13-6-9-4-5-16(7-9)8-11-14-12(17-15-11)10-2-3-10;/h9-10,13H,2-8H2,1H3;1H. The zero-order valence-electron chi connectivity index (χ0n) is 10.8. The lowest BCUT2D eigenvalue weighted by Crippen LogP contribution is -2.24. The maximum Gasteiger partial charge on any atom is 0.229 e. The van der Waals surface area contributed by atoms with Crippen molar-refractivity contribution in [3.8, 4) is 0 Å². The third-order valence-corrected chi connectivity index (χ3v) is 3.64. The molecule has 1 N–H and O–H groups in total. The van der Waals surface area contributed by atoms with Crippen LogP contribution < -0.4 is 5.32 Å². The zero-order chi connectivity index (χ0) is 11.7. The molecule has 2 heterocycles. The van der Waals surface area contributed by atoms with Gasteiger partial charge < -0.3 is 9.84 Å². The lowest BCUT2D eigenvalue weighted by Gasteiger charge is -2.13. The molecule has 18 heavy (non-hydrogen) atoms. The molecule has 0 bridgehead atoms. The van der Waals surface area contributed by atoms with Crippen molar-refractivity contribution in [1.29, 1.82) is 0 Å². The molecule has 2 fully saturated rings. The van der Waals surface area contributed by atoms with Gasteiger partial charge in [-0.2, -0.15) is 4.98 Å². The first-order chi connectivity index (χ1) is 8.35. The predicted molar refractivity (Wildman–Crippen MR) is 70.8 cm³/mol. The van der Waals surface area contributed by atoms with Gasteiger partial charge in [-0.05, 0) is 45.3 Å². The Morgan fingerprint density at radius 2 is 2.22 bits per heavy atom. The van der Waals surface area contributed by atoms with E-state index < -0.39 is 0 Å². The second-order valence-corrected chi connectivity index (χ2v) is 5.27. The van der Waals surface area contributed by atoms with E-state index >= 15 is 0 Å². The minimum Gasteiger partial charge on any atom is -0.339 e. The molecule has 1 aromatic rings. The summed E-state index contributed by atoms with van der Waals surface area (Å²) >= 11 is 0. The molecule has 2 aliphatic rings. The number of hydrogen-bond acceptors (Lipinski definition) is 5. The van der Waals surface area contributed by atoms with Crippen LogP contribution in [0.4, 0.5) is 0 Å². The summed E-state index contributed by atoms with van der Waals surface area (Å²) in [5.74, 6) is 3.05. The van der Waals surface area contributed by atoms with Crippen molar-refractivity contribution < 1.29 is 4.52 Å². The van der Waals surface area contributed by atoms with Crippen molar-refractivity contribution in [2.45, 2.75) is 31.7 Å². The van der Waals surface area contributed by atoms with Crippen molar-refractivity contribution >= 4 is 12.4 Å². The van der Waals surface area contributed by atoms with Crippen LogP contribution in [-0.2, 0) is 6.54 Å². The van der Waals surface area contributed by atoms with E-state index in [1.807, 2.05) is 7.05 Å². The largest absolute Gasteiger partial charge is 0.339 e. The highest BCUT2D eigenvalue weighted by atomic mass is 35.5. The number of halogens is 1. The highest BCUT2D eigenvalue weighted by Crippen LogP contribution is 2.38. The SMILES string of the molecule is CNCC1CCN(Cc2noc(C3CC3)n2)C1.Cl. The molecule has 0 radical (unpaired) electrons.